The van der Waals surface area contributed by atoms with E-state index < -0.39 is 29.2 Å². The molecular formula is C40H54F4N4O5. The predicted molar refractivity (Wildman–Crippen MR) is 194 cm³/mol. The Morgan fingerprint density at radius 3 is 2.23 bits per heavy atom. The van der Waals surface area contributed by atoms with Crippen LogP contribution in [-0.4, -0.2) is 113 Å². The van der Waals surface area contributed by atoms with Gasteiger partial charge in [0.2, 0.25) is 11.6 Å². The van der Waals surface area contributed by atoms with Gasteiger partial charge in [-0.3, -0.25) is 14.5 Å². The standard InChI is InChI=1S/C40H54F4N4O5/c1-5-45-37(49)27-16-18-46(19-17-27)36-20-29(40(42,43)44)8-15-33(36)34-22-47(21-28(34)24-51-2)38(50)39(41)25-48(30-9-13-32(53-4)14-10-30)23-35(39)26-6-11-31(52-3)12-7-26/h6-8,11-12,15,20,27-28,30,32,34-35H,5,9-10,13-14,16-19,21-25H2,1-4H3,(H,45,49)/t28-,30-,32-,34+,35+,39+/m1/s1. The van der Waals surface area contributed by atoms with Crippen LogP contribution in [0.15, 0.2) is 42.5 Å². The lowest BCUT2D eigenvalue weighted by Crippen LogP contribution is -2.50. The summed E-state index contributed by atoms with van der Waals surface area (Å²) in [4.78, 5) is 32.9. The number of alkyl halides is 4. The molecule has 0 unspecified atom stereocenters. The second-order valence-corrected chi connectivity index (χ2v) is 15.2. The van der Waals surface area contributed by atoms with Gasteiger partial charge in [0.15, 0.2) is 0 Å². The summed E-state index contributed by atoms with van der Waals surface area (Å²) in [5.74, 6) is -1.56. The van der Waals surface area contributed by atoms with Crippen molar-refractivity contribution in [2.45, 2.75) is 81.3 Å². The van der Waals surface area contributed by atoms with Crippen molar-refractivity contribution in [2.75, 3.05) is 78.6 Å². The number of carbonyl (C=O) groups is 2. The van der Waals surface area contributed by atoms with Crippen LogP contribution < -0.4 is 15.0 Å². The normalized spacial score (nSPS) is 28.7. The highest BCUT2D eigenvalue weighted by Gasteiger charge is 2.57. The molecule has 1 saturated carbocycles. The van der Waals surface area contributed by atoms with Gasteiger partial charge in [-0.1, -0.05) is 18.2 Å². The van der Waals surface area contributed by atoms with E-state index in [0.717, 1.165) is 37.3 Å². The first-order valence-electron chi connectivity index (χ1n) is 19.0. The number of hydrogen-bond acceptors (Lipinski definition) is 7. The molecule has 2 amide bonds. The Morgan fingerprint density at radius 1 is 0.925 bits per heavy atom. The summed E-state index contributed by atoms with van der Waals surface area (Å²) in [6.45, 7) is 4.19. The van der Waals surface area contributed by atoms with Crippen molar-refractivity contribution >= 4 is 17.5 Å². The zero-order chi connectivity index (χ0) is 37.9. The smallest absolute Gasteiger partial charge is 0.416 e. The van der Waals surface area contributed by atoms with Crippen LogP contribution in [0.2, 0.25) is 0 Å². The monoisotopic (exact) mass is 746 g/mol. The first kappa shape index (κ1) is 39.3. The molecule has 4 atom stereocenters. The van der Waals surface area contributed by atoms with E-state index in [9.17, 15) is 22.8 Å². The number of halogens is 4. The summed E-state index contributed by atoms with van der Waals surface area (Å²) in [5.41, 5.74) is -1.14. The van der Waals surface area contributed by atoms with Crippen molar-refractivity contribution in [3.05, 3.63) is 59.2 Å². The number of methoxy groups -OCH3 is 3. The van der Waals surface area contributed by atoms with Gasteiger partial charge in [0.1, 0.15) is 5.75 Å². The third-order valence-electron chi connectivity index (χ3n) is 12.2. The summed E-state index contributed by atoms with van der Waals surface area (Å²) >= 11 is 0. The van der Waals surface area contributed by atoms with Crippen LogP contribution in [0.25, 0.3) is 0 Å². The van der Waals surface area contributed by atoms with Gasteiger partial charge in [0, 0.05) is 95.4 Å². The Kier molecular flexibility index (Phi) is 12.2. The molecule has 2 aromatic rings. The number of hydrogen-bond donors (Lipinski definition) is 1. The number of anilines is 1. The van der Waals surface area contributed by atoms with Gasteiger partial charge in [0.25, 0.3) is 5.91 Å². The summed E-state index contributed by atoms with van der Waals surface area (Å²) in [6, 6.07) is 11.2. The second-order valence-electron chi connectivity index (χ2n) is 15.2. The summed E-state index contributed by atoms with van der Waals surface area (Å²) in [5, 5.41) is 2.86. The molecule has 3 saturated heterocycles. The number of carbonyl (C=O) groups excluding carboxylic acids is 2. The fourth-order valence-electron chi connectivity index (χ4n) is 9.24. The first-order valence-corrected chi connectivity index (χ1v) is 19.0. The third kappa shape index (κ3) is 8.32. The number of nitrogens with zero attached hydrogens (tertiary/aromatic N) is 3. The largest absolute Gasteiger partial charge is 0.497 e. The minimum atomic E-state index is -4.55. The Hall–Kier alpha value is -3.42. The molecule has 9 nitrogen and oxygen atoms in total. The molecule has 4 fully saturated rings. The van der Waals surface area contributed by atoms with E-state index in [-0.39, 0.29) is 62.0 Å². The molecular weight excluding hydrogens is 692 g/mol. The summed E-state index contributed by atoms with van der Waals surface area (Å²) in [7, 11) is 4.85. The second kappa shape index (κ2) is 16.5. The molecule has 0 radical (unpaired) electrons. The minimum Gasteiger partial charge on any atom is -0.497 e. The molecule has 53 heavy (non-hydrogen) atoms. The molecule has 1 aliphatic carbocycles. The topological polar surface area (TPSA) is 83.6 Å². The highest BCUT2D eigenvalue weighted by molar-refractivity contribution is 5.88. The number of piperidine rings is 1. The Morgan fingerprint density at radius 2 is 1.62 bits per heavy atom. The average Bonchev–Trinajstić information content (AvgIpc) is 3.76. The van der Waals surface area contributed by atoms with Crippen molar-refractivity contribution in [1.82, 2.24) is 15.1 Å². The van der Waals surface area contributed by atoms with E-state index in [1.165, 1.54) is 12.1 Å². The van der Waals surface area contributed by atoms with Crippen LogP contribution >= 0.6 is 0 Å². The van der Waals surface area contributed by atoms with Gasteiger partial charge in [0.05, 0.1) is 25.4 Å². The Bertz CT molecular complexity index is 1560. The number of nitrogens with one attached hydrogen (secondary N) is 1. The molecule has 13 heteroatoms. The van der Waals surface area contributed by atoms with Gasteiger partial charge in [-0.05, 0) is 80.8 Å². The molecule has 0 aromatic heterocycles. The Labute approximate surface area is 310 Å². The zero-order valence-electron chi connectivity index (χ0n) is 31.3. The van der Waals surface area contributed by atoms with Gasteiger partial charge in [-0.15, -0.1) is 0 Å². The highest BCUT2D eigenvalue weighted by Crippen LogP contribution is 2.47. The number of likely N-dealkylation sites (tertiary alicyclic amines) is 2. The van der Waals surface area contributed by atoms with E-state index >= 15 is 4.39 Å². The van der Waals surface area contributed by atoms with Crippen molar-refractivity contribution < 1.29 is 41.4 Å². The van der Waals surface area contributed by atoms with Crippen LogP contribution in [0, 0.1) is 11.8 Å². The molecule has 3 aliphatic heterocycles. The predicted octanol–water partition coefficient (Wildman–Crippen LogP) is 6.02. The van der Waals surface area contributed by atoms with Gasteiger partial charge in [-0.25, -0.2) is 4.39 Å². The van der Waals surface area contributed by atoms with Crippen LogP contribution in [-0.2, 0) is 25.2 Å². The van der Waals surface area contributed by atoms with Crippen molar-refractivity contribution in [2.24, 2.45) is 11.8 Å². The fourth-order valence-corrected chi connectivity index (χ4v) is 9.24. The van der Waals surface area contributed by atoms with Crippen LogP contribution in [0.5, 0.6) is 5.75 Å². The molecule has 0 bridgehead atoms. The number of rotatable bonds is 11. The molecule has 3 heterocycles. The molecule has 2 aromatic carbocycles. The van der Waals surface area contributed by atoms with Crippen molar-refractivity contribution in [3.8, 4) is 5.75 Å². The van der Waals surface area contributed by atoms with Crippen molar-refractivity contribution in [1.29, 1.82) is 0 Å². The molecule has 292 valence electrons. The molecule has 0 spiro atoms. The van der Waals surface area contributed by atoms with Crippen LogP contribution in [0.4, 0.5) is 23.2 Å². The third-order valence-corrected chi connectivity index (χ3v) is 12.2. The maximum atomic E-state index is 17.9. The fraction of sp³-hybridized carbons (Fsp3) is 0.650. The van der Waals surface area contributed by atoms with Gasteiger partial charge in [-0.2, -0.15) is 13.2 Å². The number of amides is 2. The lowest BCUT2D eigenvalue weighted by atomic mass is 9.85. The van der Waals surface area contributed by atoms with Gasteiger partial charge >= 0.3 is 6.18 Å². The lowest BCUT2D eigenvalue weighted by Gasteiger charge is -2.36. The average molecular weight is 747 g/mol. The van der Waals surface area contributed by atoms with E-state index in [2.05, 4.69) is 10.2 Å². The quantitative estimate of drug-likeness (QED) is 0.282. The maximum absolute atomic E-state index is 17.9. The summed E-state index contributed by atoms with van der Waals surface area (Å²) < 4.78 is 76.7. The molecule has 6 rings (SSSR count). The van der Waals surface area contributed by atoms with E-state index in [1.807, 2.05) is 24.0 Å². The zero-order valence-corrected chi connectivity index (χ0v) is 31.3. The molecule has 1 N–H and O–H groups in total. The first-order chi connectivity index (χ1) is 25.4. The maximum Gasteiger partial charge on any atom is 0.416 e. The lowest BCUT2D eigenvalue weighted by molar-refractivity contribution is -0.143. The van der Waals surface area contributed by atoms with Crippen LogP contribution in [0.3, 0.4) is 0 Å². The van der Waals surface area contributed by atoms with Crippen LogP contribution in [0.1, 0.15) is 74.0 Å². The van der Waals surface area contributed by atoms with Crippen molar-refractivity contribution in [3.63, 3.8) is 0 Å². The van der Waals surface area contributed by atoms with E-state index in [4.69, 9.17) is 14.2 Å². The van der Waals surface area contributed by atoms with E-state index in [0.29, 0.717) is 56.0 Å². The van der Waals surface area contributed by atoms with E-state index in [1.54, 1.807) is 38.4 Å². The molecule has 4 aliphatic rings. The number of ether oxygens (including phenoxy) is 3. The SMILES string of the molecule is CCNC(=O)C1CCN(c2cc(C(F)(F)F)ccc2[C@H]2CN(C(=O)[C@]3(F)CN([C@H]4CC[C@H](OC)CC4)C[C@H]3c3ccc(OC)cc3)C[C@@H]2COC)CC1. The van der Waals surface area contributed by atoms with Gasteiger partial charge < -0.3 is 29.3 Å². The number of benzene rings is 2. The Balaban J connectivity index is 1.29. The minimum absolute atomic E-state index is 0.0347. The highest BCUT2D eigenvalue weighted by atomic mass is 19.4. The summed E-state index contributed by atoms with van der Waals surface area (Å²) in [6.07, 6.45) is 0.133.